The molecule has 1 unspecified atom stereocenters. The van der Waals surface area contributed by atoms with Crippen molar-refractivity contribution >= 4 is 9.84 Å². The van der Waals surface area contributed by atoms with Crippen LogP contribution in [-0.4, -0.2) is 41.2 Å². The van der Waals surface area contributed by atoms with Crippen LogP contribution in [0.25, 0.3) is 0 Å². The van der Waals surface area contributed by atoms with Gasteiger partial charge in [0.2, 0.25) is 0 Å². The van der Waals surface area contributed by atoms with Crippen LogP contribution in [0.2, 0.25) is 0 Å². The lowest BCUT2D eigenvalue weighted by Gasteiger charge is -2.14. The molecule has 3 N–H and O–H groups in total. The molecule has 1 aromatic rings. The van der Waals surface area contributed by atoms with E-state index in [0.29, 0.717) is 13.0 Å². The third kappa shape index (κ3) is 3.87. The standard InChI is InChI=1S/C8H17N5O2S/c1-3-13-8(10-6-11-13)4-7(12-9)5-16(2,14)15/h6-7,12H,3-5,9H2,1-2H3. The second-order valence-electron chi connectivity index (χ2n) is 3.65. The molecule has 8 heteroatoms. The molecule has 0 spiro atoms. The molecule has 0 aliphatic rings. The Kier molecular flexibility index (Phi) is 4.39. The Morgan fingerprint density at radius 3 is 2.81 bits per heavy atom. The monoisotopic (exact) mass is 247 g/mol. The van der Waals surface area contributed by atoms with Gasteiger partial charge in [0.15, 0.2) is 0 Å². The fraction of sp³-hybridized carbons (Fsp3) is 0.750. The number of sulfone groups is 1. The summed E-state index contributed by atoms with van der Waals surface area (Å²) in [7, 11) is -3.06. The third-order valence-electron chi connectivity index (χ3n) is 2.16. The van der Waals surface area contributed by atoms with Crippen molar-refractivity contribution < 1.29 is 8.42 Å². The van der Waals surface area contributed by atoms with Crippen LogP contribution >= 0.6 is 0 Å². The second kappa shape index (κ2) is 5.37. The first-order valence-electron chi connectivity index (χ1n) is 4.96. The Morgan fingerprint density at radius 1 is 1.62 bits per heavy atom. The van der Waals surface area contributed by atoms with Crippen molar-refractivity contribution in [2.24, 2.45) is 5.84 Å². The van der Waals surface area contributed by atoms with Crippen LogP contribution in [-0.2, 0) is 22.8 Å². The first kappa shape index (κ1) is 13.1. The van der Waals surface area contributed by atoms with Gasteiger partial charge in [0, 0.05) is 25.3 Å². The van der Waals surface area contributed by atoms with Gasteiger partial charge in [-0.05, 0) is 6.92 Å². The molecule has 1 rings (SSSR count). The first-order chi connectivity index (χ1) is 7.46. The molecule has 16 heavy (non-hydrogen) atoms. The fourth-order valence-corrected chi connectivity index (χ4v) is 2.41. The number of rotatable bonds is 6. The topological polar surface area (TPSA) is 103 Å². The predicted molar refractivity (Wildman–Crippen MR) is 60.2 cm³/mol. The molecule has 0 amide bonds. The lowest BCUT2D eigenvalue weighted by Crippen LogP contribution is -2.42. The summed E-state index contributed by atoms with van der Waals surface area (Å²) >= 11 is 0. The molecule has 0 radical (unpaired) electrons. The van der Waals surface area contributed by atoms with E-state index in [0.717, 1.165) is 5.82 Å². The van der Waals surface area contributed by atoms with E-state index in [9.17, 15) is 8.42 Å². The Bertz CT molecular complexity index is 427. The zero-order valence-corrected chi connectivity index (χ0v) is 10.2. The number of aromatic nitrogens is 3. The van der Waals surface area contributed by atoms with Crippen LogP contribution in [0.4, 0.5) is 0 Å². The van der Waals surface area contributed by atoms with Gasteiger partial charge in [-0.3, -0.25) is 16.0 Å². The number of hydrogen-bond donors (Lipinski definition) is 2. The van der Waals surface area contributed by atoms with Crippen molar-refractivity contribution in [3.63, 3.8) is 0 Å². The maximum atomic E-state index is 11.1. The molecule has 7 nitrogen and oxygen atoms in total. The van der Waals surface area contributed by atoms with E-state index in [1.54, 1.807) is 4.68 Å². The lowest BCUT2D eigenvalue weighted by molar-refractivity contribution is 0.514. The van der Waals surface area contributed by atoms with Crippen molar-refractivity contribution in [2.45, 2.75) is 25.9 Å². The van der Waals surface area contributed by atoms with E-state index >= 15 is 0 Å². The number of nitrogens with two attached hydrogens (primary N) is 1. The van der Waals surface area contributed by atoms with Crippen molar-refractivity contribution in [2.75, 3.05) is 12.0 Å². The summed E-state index contributed by atoms with van der Waals surface area (Å²) in [5.74, 6) is 6.03. The maximum absolute atomic E-state index is 11.1. The number of aryl methyl sites for hydroxylation is 1. The van der Waals surface area contributed by atoms with Crippen LogP contribution in [0, 0.1) is 0 Å². The molecule has 0 aliphatic carbocycles. The first-order valence-corrected chi connectivity index (χ1v) is 7.03. The van der Waals surface area contributed by atoms with Crippen molar-refractivity contribution in [3.8, 4) is 0 Å². The average molecular weight is 247 g/mol. The normalized spacial score (nSPS) is 13.9. The lowest BCUT2D eigenvalue weighted by atomic mass is 10.2. The largest absolute Gasteiger partial charge is 0.271 e. The van der Waals surface area contributed by atoms with Crippen molar-refractivity contribution in [1.29, 1.82) is 0 Å². The Morgan fingerprint density at radius 2 is 2.31 bits per heavy atom. The second-order valence-corrected chi connectivity index (χ2v) is 5.84. The van der Waals surface area contributed by atoms with Crippen LogP contribution in [0.15, 0.2) is 6.33 Å². The third-order valence-corrected chi connectivity index (χ3v) is 3.17. The molecule has 0 fully saturated rings. The van der Waals surface area contributed by atoms with Crippen molar-refractivity contribution in [1.82, 2.24) is 20.2 Å². The highest BCUT2D eigenvalue weighted by molar-refractivity contribution is 7.90. The van der Waals surface area contributed by atoms with Gasteiger partial charge in [0.05, 0.1) is 5.75 Å². The minimum Gasteiger partial charge on any atom is -0.271 e. The van der Waals surface area contributed by atoms with Crippen LogP contribution in [0.5, 0.6) is 0 Å². The number of nitrogens with one attached hydrogen (secondary N) is 1. The Balaban J connectivity index is 2.70. The van der Waals surface area contributed by atoms with Gasteiger partial charge in [0.1, 0.15) is 22.0 Å². The molecule has 0 saturated heterocycles. The number of nitrogens with zero attached hydrogens (tertiary/aromatic N) is 3. The average Bonchev–Trinajstić information content (AvgIpc) is 2.62. The minimum atomic E-state index is -3.06. The summed E-state index contributed by atoms with van der Waals surface area (Å²) in [6.07, 6.45) is 3.08. The molecular formula is C8H17N5O2S. The molecule has 1 aromatic heterocycles. The maximum Gasteiger partial charge on any atom is 0.149 e. The SMILES string of the molecule is CCn1ncnc1CC(CS(C)(=O)=O)NN. The van der Waals surface area contributed by atoms with E-state index in [-0.39, 0.29) is 11.8 Å². The van der Waals surface area contributed by atoms with E-state index in [2.05, 4.69) is 15.5 Å². The Hall–Kier alpha value is -0.990. The predicted octanol–water partition coefficient (Wildman–Crippen LogP) is -1.28. The van der Waals surface area contributed by atoms with E-state index < -0.39 is 9.84 Å². The summed E-state index contributed by atoms with van der Waals surface area (Å²) in [5.41, 5.74) is 2.49. The Labute approximate surface area is 94.9 Å². The zero-order chi connectivity index (χ0) is 12.2. The van der Waals surface area contributed by atoms with E-state index in [4.69, 9.17) is 5.84 Å². The van der Waals surface area contributed by atoms with Gasteiger partial charge in [0.25, 0.3) is 0 Å². The summed E-state index contributed by atoms with van der Waals surface area (Å²) in [5, 5.41) is 4.01. The minimum absolute atomic E-state index is 0.0138. The van der Waals surface area contributed by atoms with Gasteiger partial charge >= 0.3 is 0 Å². The highest BCUT2D eigenvalue weighted by Gasteiger charge is 2.17. The molecule has 0 bridgehead atoms. The van der Waals surface area contributed by atoms with Gasteiger partial charge in [-0.1, -0.05) is 0 Å². The van der Waals surface area contributed by atoms with Crippen LogP contribution in [0.1, 0.15) is 12.7 Å². The number of hydrazine groups is 1. The summed E-state index contributed by atoms with van der Waals surface area (Å²) in [6.45, 7) is 2.64. The van der Waals surface area contributed by atoms with Gasteiger partial charge in [-0.25, -0.2) is 13.4 Å². The zero-order valence-electron chi connectivity index (χ0n) is 9.42. The molecule has 0 aliphatic heterocycles. The summed E-state index contributed by atoms with van der Waals surface area (Å²) in [6, 6.07) is -0.343. The molecule has 1 heterocycles. The fourth-order valence-electron chi connectivity index (χ4n) is 1.46. The highest BCUT2D eigenvalue weighted by atomic mass is 32.2. The quantitative estimate of drug-likeness (QED) is 0.479. The molecule has 0 aromatic carbocycles. The van der Waals surface area contributed by atoms with E-state index in [1.165, 1.54) is 12.6 Å². The van der Waals surface area contributed by atoms with Crippen molar-refractivity contribution in [3.05, 3.63) is 12.2 Å². The van der Waals surface area contributed by atoms with Crippen LogP contribution in [0.3, 0.4) is 0 Å². The van der Waals surface area contributed by atoms with E-state index in [1.807, 2.05) is 6.92 Å². The molecule has 92 valence electrons. The summed E-state index contributed by atoms with van der Waals surface area (Å²) in [4.78, 5) is 4.07. The smallest absolute Gasteiger partial charge is 0.149 e. The van der Waals surface area contributed by atoms with Gasteiger partial charge in [-0.15, -0.1) is 0 Å². The van der Waals surface area contributed by atoms with Crippen LogP contribution < -0.4 is 11.3 Å². The molecule has 1 atom stereocenters. The molecular weight excluding hydrogens is 230 g/mol. The molecule has 0 saturated carbocycles. The number of hydrogen-bond acceptors (Lipinski definition) is 6. The van der Waals surface area contributed by atoms with Gasteiger partial charge < -0.3 is 0 Å². The highest BCUT2D eigenvalue weighted by Crippen LogP contribution is 2.01. The summed E-state index contributed by atoms with van der Waals surface area (Å²) < 4.78 is 24.0. The van der Waals surface area contributed by atoms with Gasteiger partial charge in [-0.2, -0.15) is 5.10 Å².